The fourth-order valence-corrected chi connectivity index (χ4v) is 3.09. The quantitative estimate of drug-likeness (QED) is 0.486. The van der Waals surface area contributed by atoms with E-state index in [1.807, 2.05) is 0 Å². The number of benzene rings is 2. The fourth-order valence-electron chi connectivity index (χ4n) is 3.09. The monoisotopic (exact) mass is 390 g/mol. The van der Waals surface area contributed by atoms with Crippen molar-refractivity contribution in [2.24, 2.45) is 7.05 Å². The molecule has 0 amide bonds. The van der Waals surface area contributed by atoms with Gasteiger partial charge in [-0.25, -0.2) is 4.98 Å². The van der Waals surface area contributed by atoms with Crippen molar-refractivity contribution in [3.63, 3.8) is 0 Å². The summed E-state index contributed by atoms with van der Waals surface area (Å²) in [5.41, 5.74) is 1.60. The summed E-state index contributed by atoms with van der Waals surface area (Å²) in [6, 6.07) is 9.82. The summed E-state index contributed by atoms with van der Waals surface area (Å²) in [4.78, 5) is 30.4. The van der Waals surface area contributed by atoms with Gasteiger partial charge < -0.3 is 9.47 Å². The van der Waals surface area contributed by atoms with Gasteiger partial charge in [0.2, 0.25) is 0 Å². The van der Waals surface area contributed by atoms with E-state index in [9.17, 15) is 9.59 Å². The van der Waals surface area contributed by atoms with Crippen molar-refractivity contribution < 1.29 is 14.3 Å². The summed E-state index contributed by atoms with van der Waals surface area (Å²) < 4.78 is 13.5. The number of methoxy groups -OCH3 is 2. The Morgan fingerprint density at radius 2 is 1.72 bits per heavy atom. The summed E-state index contributed by atoms with van der Waals surface area (Å²) in [5, 5.41) is 4.43. The molecule has 0 aliphatic rings. The first kappa shape index (κ1) is 18.4. The van der Waals surface area contributed by atoms with Crippen LogP contribution in [0.3, 0.4) is 0 Å². The molecular weight excluding hydrogens is 372 g/mol. The number of hydrogen-bond donors (Lipinski definition) is 0. The molecule has 0 aliphatic carbocycles. The van der Waals surface area contributed by atoms with Gasteiger partial charge in [0, 0.05) is 30.4 Å². The van der Waals surface area contributed by atoms with Crippen LogP contribution in [-0.4, -0.2) is 39.3 Å². The van der Waals surface area contributed by atoms with E-state index in [1.54, 1.807) is 60.5 Å². The average molecular weight is 390 g/mol. The Morgan fingerprint density at radius 1 is 1.00 bits per heavy atom. The lowest BCUT2D eigenvalue weighted by Crippen LogP contribution is -2.19. The van der Waals surface area contributed by atoms with E-state index < -0.39 is 0 Å². The minimum absolute atomic E-state index is 0.250. The largest absolute Gasteiger partial charge is 0.497 e. The Balaban J connectivity index is 1.82. The van der Waals surface area contributed by atoms with E-state index in [1.165, 1.54) is 25.1 Å². The number of carbonyl (C=O) groups excluding carboxylic acids is 1. The first-order valence-electron chi connectivity index (χ1n) is 8.78. The molecule has 0 fully saturated rings. The Hall–Kier alpha value is -3.94. The van der Waals surface area contributed by atoms with Crippen LogP contribution in [0.1, 0.15) is 15.9 Å². The summed E-state index contributed by atoms with van der Waals surface area (Å²) in [5.74, 6) is 0.767. The Bertz CT molecular complexity index is 1270. The second kappa shape index (κ2) is 7.23. The molecule has 2 heterocycles. The van der Waals surface area contributed by atoms with Gasteiger partial charge in [0.25, 0.3) is 5.56 Å². The lowest BCUT2D eigenvalue weighted by atomic mass is 10.0. The molecule has 29 heavy (non-hydrogen) atoms. The summed E-state index contributed by atoms with van der Waals surface area (Å²) >= 11 is 0. The second-order valence-electron chi connectivity index (χ2n) is 6.45. The third kappa shape index (κ3) is 3.36. The summed E-state index contributed by atoms with van der Waals surface area (Å²) in [7, 11) is 4.80. The second-order valence-corrected chi connectivity index (χ2v) is 6.45. The van der Waals surface area contributed by atoms with Crippen molar-refractivity contribution in [2.75, 3.05) is 14.2 Å². The van der Waals surface area contributed by atoms with Crippen LogP contribution in [0.2, 0.25) is 0 Å². The molecule has 2 aromatic carbocycles. The average Bonchev–Trinajstić information content (AvgIpc) is 3.18. The van der Waals surface area contributed by atoms with Crippen LogP contribution in [0.4, 0.5) is 0 Å². The number of ether oxygens (including phenoxy) is 2. The van der Waals surface area contributed by atoms with Gasteiger partial charge in [0.1, 0.15) is 17.8 Å². The number of carbonyl (C=O) groups is 1. The molecule has 146 valence electrons. The van der Waals surface area contributed by atoms with Gasteiger partial charge in [-0.2, -0.15) is 5.10 Å². The highest BCUT2D eigenvalue weighted by Gasteiger charge is 2.15. The van der Waals surface area contributed by atoms with Crippen LogP contribution >= 0.6 is 0 Å². The van der Waals surface area contributed by atoms with E-state index in [0.717, 1.165) is 0 Å². The van der Waals surface area contributed by atoms with Crippen molar-refractivity contribution >= 4 is 16.7 Å². The lowest BCUT2D eigenvalue weighted by molar-refractivity contribution is 0.103. The van der Waals surface area contributed by atoms with E-state index in [-0.39, 0.29) is 11.3 Å². The molecule has 0 unspecified atom stereocenters. The smallest absolute Gasteiger partial charge is 0.265 e. The maximum Gasteiger partial charge on any atom is 0.265 e. The highest BCUT2D eigenvalue weighted by Crippen LogP contribution is 2.25. The Kier molecular flexibility index (Phi) is 4.59. The molecule has 0 bridgehead atoms. The number of nitrogens with zero attached hydrogens (tertiary/aromatic N) is 4. The molecule has 0 radical (unpaired) electrons. The maximum atomic E-state index is 13.0. The van der Waals surface area contributed by atoms with Crippen LogP contribution in [0.15, 0.2) is 59.9 Å². The van der Waals surface area contributed by atoms with Crippen molar-refractivity contribution in [2.45, 2.75) is 0 Å². The van der Waals surface area contributed by atoms with E-state index in [0.29, 0.717) is 39.2 Å². The minimum atomic E-state index is -0.277. The first-order chi connectivity index (χ1) is 14.0. The third-order valence-corrected chi connectivity index (χ3v) is 4.60. The van der Waals surface area contributed by atoms with E-state index in [4.69, 9.17) is 9.47 Å². The normalized spacial score (nSPS) is 10.9. The van der Waals surface area contributed by atoms with Crippen LogP contribution in [0, 0.1) is 0 Å². The third-order valence-electron chi connectivity index (χ3n) is 4.60. The molecule has 0 spiro atoms. The number of rotatable bonds is 5. The van der Waals surface area contributed by atoms with Crippen LogP contribution in [0.25, 0.3) is 16.6 Å². The van der Waals surface area contributed by atoms with Gasteiger partial charge in [-0.15, -0.1) is 0 Å². The predicted octanol–water partition coefficient (Wildman–Crippen LogP) is 2.37. The van der Waals surface area contributed by atoms with Gasteiger partial charge in [-0.3, -0.25) is 18.8 Å². The molecule has 8 nitrogen and oxygen atoms in total. The number of hydrogen-bond acceptors (Lipinski definition) is 6. The zero-order valence-electron chi connectivity index (χ0n) is 16.1. The molecule has 0 N–H and O–H groups in total. The minimum Gasteiger partial charge on any atom is -0.497 e. The lowest BCUT2D eigenvalue weighted by Gasteiger charge is -2.09. The molecule has 4 rings (SSSR count). The van der Waals surface area contributed by atoms with Gasteiger partial charge in [0.05, 0.1) is 37.0 Å². The Morgan fingerprint density at radius 3 is 2.34 bits per heavy atom. The van der Waals surface area contributed by atoms with Gasteiger partial charge in [0.15, 0.2) is 5.78 Å². The molecule has 0 aliphatic heterocycles. The van der Waals surface area contributed by atoms with Crippen molar-refractivity contribution in [1.82, 2.24) is 19.3 Å². The summed E-state index contributed by atoms with van der Waals surface area (Å²) in [6.07, 6.45) is 4.75. The van der Waals surface area contributed by atoms with Crippen LogP contribution in [0.5, 0.6) is 11.5 Å². The molecule has 2 aromatic heterocycles. The molecule has 0 saturated heterocycles. The Labute approximate surface area is 165 Å². The van der Waals surface area contributed by atoms with Crippen molar-refractivity contribution in [1.29, 1.82) is 0 Å². The number of aryl methyl sites for hydroxylation is 1. The number of fused-ring (bicyclic) bond motifs is 1. The fraction of sp³-hybridized carbons (Fsp3) is 0.143. The van der Waals surface area contributed by atoms with Crippen molar-refractivity contribution in [3.05, 3.63) is 76.6 Å². The first-order valence-corrected chi connectivity index (χ1v) is 8.78. The van der Waals surface area contributed by atoms with Crippen LogP contribution in [-0.2, 0) is 7.05 Å². The van der Waals surface area contributed by atoms with E-state index >= 15 is 0 Å². The standard InChI is InChI=1S/C21H18N4O4/c1-24-11-15(10-23-24)25-12-22-19-5-4-13(8-18(19)21(25)27)20(26)14-6-16(28-2)9-17(7-14)29-3/h4-12H,1-3H3. The number of aromatic nitrogens is 4. The molecule has 0 atom stereocenters. The predicted molar refractivity (Wildman–Crippen MR) is 107 cm³/mol. The summed E-state index contributed by atoms with van der Waals surface area (Å²) in [6.45, 7) is 0. The zero-order valence-corrected chi connectivity index (χ0v) is 16.1. The topological polar surface area (TPSA) is 88.2 Å². The highest BCUT2D eigenvalue weighted by atomic mass is 16.5. The molecule has 4 aromatic rings. The molecule has 8 heteroatoms. The highest BCUT2D eigenvalue weighted by molar-refractivity contribution is 6.10. The molecule has 0 saturated carbocycles. The molecular formula is C21H18N4O4. The zero-order chi connectivity index (χ0) is 20.5. The van der Waals surface area contributed by atoms with Gasteiger partial charge in [-0.05, 0) is 30.3 Å². The van der Waals surface area contributed by atoms with Gasteiger partial charge in [-0.1, -0.05) is 0 Å². The van der Waals surface area contributed by atoms with Crippen molar-refractivity contribution in [3.8, 4) is 17.2 Å². The van der Waals surface area contributed by atoms with Crippen LogP contribution < -0.4 is 15.0 Å². The maximum absolute atomic E-state index is 13.0. The SMILES string of the molecule is COc1cc(OC)cc(C(=O)c2ccc3ncn(-c4cnn(C)c4)c(=O)c3c2)c1. The number of ketones is 1. The van der Waals surface area contributed by atoms with E-state index in [2.05, 4.69) is 10.1 Å². The van der Waals surface area contributed by atoms with Gasteiger partial charge >= 0.3 is 0 Å².